The summed E-state index contributed by atoms with van der Waals surface area (Å²) in [5.41, 5.74) is 7.84. The minimum Gasteiger partial charge on any atom is -0.370 e. The van der Waals surface area contributed by atoms with Gasteiger partial charge in [0.2, 0.25) is 5.91 Å². The van der Waals surface area contributed by atoms with Crippen molar-refractivity contribution in [1.82, 2.24) is 5.32 Å². The maximum absolute atomic E-state index is 11.3. The standard InChI is InChI=1S/C16H24N4O/c1-11(2)12-5-4-6-13(9-12)19-15(17)18-10-16(3)8-7-14(21)20-16/h4-6,9,11H,7-8,10H2,1-3H3,(H,20,21)(H3,17,18,19). The van der Waals surface area contributed by atoms with Crippen LogP contribution in [0, 0.1) is 0 Å². The van der Waals surface area contributed by atoms with Crippen molar-refractivity contribution in [3.63, 3.8) is 0 Å². The molecule has 2 rings (SSSR count). The quantitative estimate of drug-likeness (QED) is 0.587. The highest BCUT2D eigenvalue weighted by atomic mass is 16.2. The molecule has 1 aliphatic heterocycles. The van der Waals surface area contributed by atoms with Crippen LogP contribution in [0.5, 0.6) is 0 Å². The van der Waals surface area contributed by atoms with E-state index in [1.165, 1.54) is 5.56 Å². The average molecular weight is 288 g/mol. The Kier molecular flexibility index (Phi) is 4.50. The molecule has 0 aromatic heterocycles. The number of nitrogens with one attached hydrogen (secondary N) is 2. The van der Waals surface area contributed by atoms with Crippen molar-refractivity contribution in [2.45, 2.75) is 45.1 Å². The number of hydrogen-bond acceptors (Lipinski definition) is 2. The van der Waals surface area contributed by atoms with Crippen molar-refractivity contribution >= 4 is 17.6 Å². The second-order valence-corrected chi connectivity index (χ2v) is 6.22. The average Bonchev–Trinajstić information content (AvgIpc) is 2.77. The van der Waals surface area contributed by atoms with Crippen LogP contribution in [0.2, 0.25) is 0 Å². The molecule has 0 radical (unpaired) electrons. The number of rotatable bonds is 4. The first kappa shape index (κ1) is 15.4. The van der Waals surface area contributed by atoms with E-state index in [4.69, 9.17) is 5.73 Å². The summed E-state index contributed by atoms with van der Waals surface area (Å²) in [4.78, 5) is 15.6. The number of carbonyl (C=O) groups is 1. The maximum Gasteiger partial charge on any atom is 0.220 e. The van der Waals surface area contributed by atoms with Crippen molar-refractivity contribution in [2.75, 3.05) is 11.9 Å². The summed E-state index contributed by atoms with van der Waals surface area (Å²) in [5.74, 6) is 0.930. The fraction of sp³-hybridized carbons (Fsp3) is 0.500. The van der Waals surface area contributed by atoms with Crippen molar-refractivity contribution in [3.8, 4) is 0 Å². The molecule has 1 heterocycles. The van der Waals surface area contributed by atoms with Crippen molar-refractivity contribution in [1.29, 1.82) is 0 Å². The molecule has 5 nitrogen and oxygen atoms in total. The van der Waals surface area contributed by atoms with E-state index in [0.29, 0.717) is 24.8 Å². The van der Waals surface area contributed by atoms with Gasteiger partial charge in [0.1, 0.15) is 0 Å². The first-order chi connectivity index (χ1) is 9.88. The first-order valence-electron chi connectivity index (χ1n) is 7.36. The monoisotopic (exact) mass is 288 g/mol. The Bertz CT molecular complexity index is 553. The molecule has 1 unspecified atom stereocenters. The molecule has 1 atom stereocenters. The van der Waals surface area contributed by atoms with E-state index in [0.717, 1.165) is 12.1 Å². The topological polar surface area (TPSA) is 79.5 Å². The van der Waals surface area contributed by atoms with Crippen LogP contribution in [0.15, 0.2) is 29.3 Å². The molecule has 4 N–H and O–H groups in total. The van der Waals surface area contributed by atoms with Gasteiger partial charge in [0.15, 0.2) is 5.96 Å². The molecule has 1 aliphatic rings. The number of benzene rings is 1. The third kappa shape index (κ3) is 4.21. The van der Waals surface area contributed by atoms with Gasteiger partial charge in [-0.25, -0.2) is 0 Å². The van der Waals surface area contributed by atoms with Gasteiger partial charge in [-0.15, -0.1) is 0 Å². The lowest BCUT2D eigenvalue weighted by molar-refractivity contribution is -0.119. The molecule has 21 heavy (non-hydrogen) atoms. The minimum absolute atomic E-state index is 0.0869. The normalized spacial score (nSPS) is 22.5. The van der Waals surface area contributed by atoms with Gasteiger partial charge in [-0.2, -0.15) is 0 Å². The zero-order valence-electron chi connectivity index (χ0n) is 12.9. The summed E-state index contributed by atoms with van der Waals surface area (Å²) in [6, 6.07) is 8.14. The summed E-state index contributed by atoms with van der Waals surface area (Å²) in [5, 5.41) is 6.05. The number of nitrogens with zero attached hydrogens (tertiary/aromatic N) is 1. The van der Waals surface area contributed by atoms with Gasteiger partial charge < -0.3 is 16.4 Å². The van der Waals surface area contributed by atoms with Crippen LogP contribution < -0.4 is 16.4 Å². The van der Waals surface area contributed by atoms with E-state index in [1.54, 1.807) is 0 Å². The summed E-state index contributed by atoms with van der Waals surface area (Å²) < 4.78 is 0. The van der Waals surface area contributed by atoms with E-state index < -0.39 is 0 Å². The van der Waals surface area contributed by atoms with Crippen LogP contribution in [0.1, 0.15) is 45.1 Å². The fourth-order valence-corrected chi connectivity index (χ4v) is 2.39. The van der Waals surface area contributed by atoms with Crippen LogP contribution in [0.3, 0.4) is 0 Å². The Morgan fingerprint density at radius 1 is 1.52 bits per heavy atom. The third-order valence-electron chi connectivity index (χ3n) is 3.77. The van der Waals surface area contributed by atoms with Crippen LogP contribution in [-0.2, 0) is 4.79 Å². The van der Waals surface area contributed by atoms with Gasteiger partial charge in [-0.3, -0.25) is 9.79 Å². The first-order valence-corrected chi connectivity index (χ1v) is 7.36. The molecule has 5 heteroatoms. The highest BCUT2D eigenvalue weighted by Crippen LogP contribution is 2.20. The zero-order chi connectivity index (χ0) is 15.5. The van der Waals surface area contributed by atoms with Gasteiger partial charge in [0.25, 0.3) is 0 Å². The van der Waals surface area contributed by atoms with E-state index in [1.807, 2.05) is 19.1 Å². The van der Waals surface area contributed by atoms with Gasteiger partial charge in [0, 0.05) is 12.1 Å². The summed E-state index contributed by atoms with van der Waals surface area (Å²) >= 11 is 0. The highest BCUT2D eigenvalue weighted by Gasteiger charge is 2.32. The van der Waals surface area contributed by atoms with Crippen LogP contribution >= 0.6 is 0 Å². The Morgan fingerprint density at radius 3 is 2.90 bits per heavy atom. The predicted octanol–water partition coefficient (Wildman–Crippen LogP) is 2.21. The molecule has 0 bridgehead atoms. The number of aliphatic imine (C=N–C) groups is 1. The lowest BCUT2D eigenvalue weighted by atomic mass is 10.0. The Labute approximate surface area is 126 Å². The minimum atomic E-state index is -0.275. The zero-order valence-corrected chi connectivity index (χ0v) is 12.9. The van der Waals surface area contributed by atoms with Gasteiger partial charge in [-0.1, -0.05) is 26.0 Å². The maximum atomic E-state index is 11.3. The molecule has 0 aliphatic carbocycles. The molecule has 1 fully saturated rings. The molecule has 1 saturated heterocycles. The van der Waals surface area contributed by atoms with Gasteiger partial charge in [0.05, 0.1) is 12.1 Å². The number of guanidine groups is 1. The van der Waals surface area contributed by atoms with Gasteiger partial charge >= 0.3 is 0 Å². The predicted molar refractivity (Wildman–Crippen MR) is 86.4 cm³/mol. The number of hydrogen-bond donors (Lipinski definition) is 3. The third-order valence-corrected chi connectivity index (χ3v) is 3.77. The molecule has 114 valence electrons. The van der Waals surface area contributed by atoms with E-state index in [-0.39, 0.29) is 11.4 Å². The van der Waals surface area contributed by atoms with E-state index >= 15 is 0 Å². The van der Waals surface area contributed by atoms with Crippen LogP contribution in [-0.4, -0.2) is 24.0 Å². The highest BCUT2D eigenvalue weighted by molar-refractivity contribution is 5.92. The van der Waals surface area contributed by atoms with Crippen LogP contribution in [0.25, 0.3) is 0 Å². The van der Waals surface area contributed by atoms with E-state index in [2.05, 4.69) is 41.6 Å². The van der Waals surface area contributed by atoms with Gasteiger partial charge in [-0.05, 0) is 37.0 Å². The van der Waals surface area contributed by atoms with E-state index in [9.17, 15) is 4.79 Å². The molecule has 1 amide bonds. The number of amides is 1. The molecular formula is C16H24N4O. The second-order valence-electron chi connectivity index (χ2n) is 6.22. The fourth-order valence-electron chi connectivity index (χ4n) is 2.39. The summed E-state index contributed by atoms with van der Waals surface area (Å²) in [7, 11) is 0. The smallest absolute Gasteiger partial charge is 0.220 e. The Morgan fingerprint density at radius 2 is 2.29 bits per heavy atom. The number of carbonyl (C=O) groups excluding carboxylic acids is 1. The summed E-state index contributed by atoms with van der Waals surface area (Å²) in [6.07, 6.45) is 1.36. The molecule has 0 saturated carbocycles. The lowest BCUT2D eigenvalue weighted by Gasteiger charge is -2.21. The van der Waals surface area contributed by atoms with Crippen molar-refractivity contribution in [3.05, 3.63) is 29.8 Å². The largest absolute Gasteiger partial charge is 0.370 e. The Balaban J connectivity index is 1.97. The Hall–Kier alpha value is -2.04. The number of nitrogens with two attached hydrogens (primary N) is 1. The van der Waals surface area contributed by atoms with Crippen LogP contribution in [0.4, 0.5) is 5.69 Å². The molecule has 0 spiro atoms. The molecule has 1 aromatic carbocycles. The molecular weight excluding hydrogens is 264 g/mol. The SMILES string of the molecule is CC(C)c1cccc(NC(N)=NCC2(C)CCC(=O)N2)c1. The lowest BCUT2D eigenvalue weighted by Crippen LogP contribution is -2.42. The second kappa shape index (κ2) is 6.16. The molecule has 1 aromatic rings. The van der Waals surface area contributed by atoms with Crippen molar-refractivity contribution < 1.29 is 4.79 Å². The summed E-state index contributed by atoms with van der Waals surface area (Å²) in [6.45, 7) is 6.79. The van der Waals surface area contributed by atoms with Crippen molar-refractivity contribution in [2.24, 2.45) is 10.7 Å². The number of anilines is 1.